The summed E-state index contributed by atoms with van der Waals surface area (Å²) in [4.78, 5) is 10.9. The first-order chi connectivity index (χ1) is 15.9. The van der Waals surface area contributed by atoms with Crippen LogP contribution >= 0.6 is 0 Å². The largest absolute Gasteiger partial charge is 0.508 e. The molecule has 9 heteroatoms. The van der Waals surface area contributed by atoms with Crippen LogP contribution in [0.2, 0.25) is 0 Å². The summed E-state index contributed by atoms with van der Waals surface area (Å²) in [5.74, 6) is -0.569. The number of aromatic hydroxyl groups is 6. The van der Waals surface area contributed by atoms with Crippen molar-refractivity contribution in [1.29, 1.82) is 0 Å². The van der Waals surface area contributed by atoms with E-state index in [0.717, 1.165) is 0 Å². The quantitative estimate of drug-likeness (QED) is 0.135. The molecule has 3 aromatic rings. The topological polar surface area (TPSA) is 190 Å². The van der Waals surface area contributed by atoms with Crippen molar-refractivity contribution < 1.29 is 35.4 Å². The van der Waals surface area contributed by atoms with Crippen molar-refractivity contribution in [3.63, 3.8) is 0 Å². The molecule has 0 spiro atoms. The lowest BCUT2D eigenvalue weighted by Crippen LogP contribution is -1.93. The summed E-state index contributed by atoms with van der Waals surface area (Å²) in [5, 5.41) is 53.6. The Labute approximate surface area is 200 Å². The Morgan fingerprint density at radius 2 is 1.15 bits per heavy atom. The SMILES string of the molecule is CC.CC.CC(=O)c1ccc(O)c(C)c1O.Nc1c(O)cccc1O.Nc1cc(O)cc(O)c1. The lowest BCUT2D eigenvalue weighted by atomic mass is 10.1. The predicted molar refractivity (Wildman–Crippen MR) is 136 cm³/mol. The van der Waals surface area contributed by atoms with Crippen molar-refractivity contribution >= 4 is 17.2 Å². The van der Waals surface area contributed by atoms with E-state index in [1.807, 2.05) is 27.7 Å². The minimum atomic E-state index is -0.212. The fourth-order valence-corrected chi connectivity index (χ4v) is 2.13. The summed E-state index contributed by atoms with van der Waals surface area (Å²) in [7, 11) is 0. The third-order valence-corrected chi connectivity index (χ3v) is 3.77. The lowest BCUT2D eigenvalue weighted by molar-refractivity contribution is 0.101. The molecule has 188 valence electrons. The molecule has 0 amide bonds. The number of anilines is 2. The second kappa shape index (κ2) is 16.4. The van der Waals surface area contributed by atoms with Crippen LogP contribution in [0, 0.1) is 6.92 Å². The number of hydrogen-bond donors (Lipinski definition) is 8. The van der Waals surface area contributed by atoms with Crippen molar-refractivity contribution in [3.05, 3.63) is 59.7 Å². The fourth-order valence-electron chi connectivity index (χ4n) is 2.13. The molecule has 0 aliphatic carbocycles. The van der Waals surface area contributed by atoms with Crippen LogP contribution in [0.5, 0.6) is 34.5 Å². The van der Waals surface area contributed by atoms with Crippen LogP contribution < -0.4 is 11.5 Å². The zero-order valence-electron chi connectivity index (χ0n) is 20.4. The number of carbonyl (C=O) groups excluding carboxylic acids is 1. The highest BCUT2D eigenvalue weighted by Gasteiger charge is 2.10. The summed E-state index contributed by atoms with van der Waals surface area (Å²) in [6.07, 6.45) is 0. The Balaban J connectivity index is 0. The van der Waals surface area contributed by atoms with Gasteiger partial charge in [-0.2, -0.15) is 0 Å². The van der Waals surface area contributed by atoms with E-state index < -0.39 is 0 Å². The van der Waals surface area contributed by atoms with Gasteiger partial charge in [0.1, 0.15) is 40.2 Å². The number of ketones is 1. The second-order valence-electron chi connectivity index (χ2n) is 6.15. The molecular weight excluding hydrogens is 440 g/mol. The van der Waals surface area contributed by atoms with Gasteiger partial charge in [0.25, 0.3) is 0 Å². The van der Waals surface area contributed by atoms with Crippen molar-refractivity contribution in [3.8, 4) is 34.5 Å². The van der Waals surface area contributed by atoms with E-state index in [4.69, 9.17) is 37.0 Å². The number of nitrogen functional groups attached to an aromatic ring is 2. The highest BCUT2D eigenvalue weighted by Crippen LogP contribution is 2.29. The molecule has 0 unspecified atom stereocenters. The van der Waals surface area contributed by atoms with Crippen molar-refractivity contribution in [1.82, 2.24) is 0 Å². The monoisotopic (exact) mass is 476 g/mol. The molecule has 0 bridgehead atoms. The standard InChI is InChI=1S/C9H10O3.2C6H7NO2.2C2H6/c1-5-8(11)4-3-7(6(2)10)9(5)12;7-4-1-5(8)3-6(9)2-4;7-6-4(8)2-1-3-5(6)9;2*1-2/h3-4,11-12H,1-2H3;2*1-3,8-9H,7H2;2*1-2H3. The van der Waals surface area contributed by atoms with Gasteiger partial charge >= 0.3 is 0 Å². The van der Waals surface area contributed by atoms with Crippen LogP contribution in [0.25, 0.3) is 0 Å². The Hall–Kier alpha value is -4.27. The molecule has 0 aliphatic heterocycles. The maximum atomic E-state index is 10.9. The number of para-hydroxylation sites is 1. The first-order valence-electron chi connectivity index (χ1n) is 10.5. The van der Waals surface area contributed by atoms with E-state index in [2.05, 4.69) is 0 Å². The van der Waals surface area contributed by atoms with Crippen molar-refractivity contribution in [2.24, 2.45) is 0 Å². The molecule has 34 heavy (non-hydrogen) atoms. The van der Waals surface area contributed by atoms with Crippen LogP contribution in [-0.2, 0) is 0 Å². The minimum Gasteiger partial charge on any atom is -0.508 e. The van der Waals surface area contributed by atoms with Crippen molar-refractivity contribution in [2.45, 2.75) is 41.5 Å². The zero-order valence-corrected chi connectivity index (χ0v) is 20.4. The van der Waals surface area contributed by atoms with Gasteiger partial charge in [0.15, 0.2) is 5.78 Å². The molecule has 3 aromatic carbocycles. The summed E-state index contributed by atoms with van der Waals surface area (Å²) in [6, 6.07) is 11.1. The number of benzene rings is 3. The number of Topliss-reactive ketones (excluding diaryl/α,β-unsaturated/α-hetero) is 1. The number of carbonyl (C=O) groups is 1. The summed E-state index contributed by atoms with van der Waals surface area (Å²) in [5.41, 5.74) is 11.4. The molecule has 3 rings (SSSR count). The highest BCUT2D eigenvalue weighted by atomic mass is 16.3. The molecule has 0 saturated heterocycles. The van der Waals surface area contributed by atoms with Gasteiger partial charge < -0.3 is 42.1 Å². The molecule has 9 nitrogen and oxygen atoms in total. The Kier molecular flexibility index (Phi) is 15.4. The second-order valence-corrected chi connectivity index (χ2v) is 6.15. The maximum absolute atomic E-state index is 10.9. The van der Waals surface area contributed by atoms with Crippen LogP contribution in [0.3, 0.4) is 0 Å². The predicted octanol–water partition coefficient (Wildman–Crippen LogP) is 5.02. The van der Waals surface area contributed by atoms with Gasteiger partial charge in [-0.1, -0.05) is 33.8 Å². The van der Waals surface area contributed by atoms with Gasteiger partial charge in [-0.15, -0.1) is 0 Å². The normalized spacial score (nSPS) is 8.76. The first-order valence-corrected chi connectivity index (χ1v) is 10.5. The number of nitrogens with two attached hydrogens (primary N) is 2. The van der Waals surface area contributed by atoms with Gasteiger partial charge in [0.05, 0.1) is 5.56 Å². The van der Waals surface area contributed by atoms with E-state index in [0.29, 0.717) is 11.3 Å². The van der Waals surface area contributed by atoms with Gasteiger partial charge in [0.2, 0.25) is 0 Å². The lowest BCUT2D eigenvalue weighted by Gasteiger charge is -2.04. The highest BCUT2D eigenvalue weighted by molar-refractivity contribution is 5.97. The summed E-state index contributed by atoms with van der Waals surface area (Å²) >= 11 is 0. The number of rotatable bonds is 1. The van der Waals surface area contributed by atoms with E-state index in [-0.39, 0.29) is 51.5 Å². The molecule has 0 saturated carbocycles. The third-order valence-electron chi connectivity index (χ3n) is 3.77. The average molecular weight is 477 g/mol. The van der Waals surface area contributed by atoms with Crippen LogP contribution in [-0.4, -0.2) is 36.4 Å². The van der Waals surface area contributed by atoms with E-state index in [1.165, 1.54) is 55.5 Å². The number of hydrogen-bond acceptors (Lipinski definition) is 9. The zero-order chi connectivity index (χ0) is 27.0. The summed E-state index contributed by atoms with van der Waals surface area (Å²) in [6.45, 7) is 10.9. The van der Waals surface area contributed by atoms with E-state index in [1.54, 1.807) is 6.92 Å². The molecule has 0 fully saturated rings. The number of phenols is 6. The maximum Gasteiger partial charge on any atom is 0.163 e. The van der Waals surface area contributed by atoms with Gasteiger partial charge in [-0.25, -0.2) is 0 Å². The van der Waals surface area contributed by atoms with Gasteiger partial charge in [-0.05, 0) is 38.1 Å². The molecule has 0 radical (unpaired) electrons. The smallest absolute Gasteiger partial charge is 0.163 e. The fraction of sp³-hybridized carbons (Fsp3) is 0.240. The Morgan fingerprint density at radius 1 is 0.706 bits per heavy atom. The molecule has 0 aliphatic rings. The minimum absolute atomic E-state index is 0.00231. The Morgan fingerprint density at radius 3 is 1.50 bits per heavy atom. The van der Waals surface area contributed by atoms with E-state index >= 15 is 0 Å². The van der Waals surface area contributed by atoms with Crippen LogP contribution in [0.15, 0.2) is 48.5 Å². The number of phenolic OH excluding ortho intramolecular Hbond substituents is 6. The Bertz CT molecular complexity index is 967. The molecule has 0 aromatic heterocycles. The molecule has 10 N–H and O–H groups in total. The molecule has 0 heterocycles. The first kappa shape index (κ1) is 31.9. The third kappa shape index (κ3) is 10.9. The van der Waals surface area contributed by atoms with Crippen LogP contribution in [0.4, 0.5) is 11.4 Å². The molecular formula is C25H36N2O7. The summed E-state index contributed by atoms with van der Waals surface area (Å²) < 4.78 is 0. The van der Waals surface area contributed by atoms with Crippen LogP contribution in [0.1, 0.15) is 50.5 Å². The molecule has 0 atom stereocenters. The van der Waals surface area contributed by atoms with Crippen molar-refractivity contribution in [2.75, 3.05) is 11.5 Å². The van der Waals surface area contributed by atoms with Gasteiger partial charge in [-0.3, -0.25) is 4.79 Å². The van der Waals surface area contributed by atoms with E-state index in [9.17, 15) is 9.90 Å². The average Bonchev–Trinajstić information content (AvgIpc) is 2.78. The van der Waals surface area contributed by atoms with Gasteiger partial charge in [0, 0.05) is 29.4 Å².